The Balaban J connectivity index is 1.95. The van der Waals surface area contributed by atoms with Gasteiger partial charge in [0.1, 0.15) is 0 Å². The fraction of sp³-hybridized carbons (Fsp3) is 0.143. The number of hydrazine groups is 2. The summed E-state index contributed by atoms with van der Waals surface area (Å²) in [5.74, 6) is 9.59. The molecule has 142 valence electrons. The van der Waals surface area contributed by atoms with Crippen LogP contribution in [0.3, 0.4) is 0 Å². The number of nitrogens with two attached hydrogens (primary N) is 2. The Morgan fingerprint density at radius 2 is 1.57 bits per heavy atom. The first kappa shape index (κ1) is 18.5. The van der Waals surface area contributed by atoms with Gasteiger partial charge in [0.2, 0.25) is 0 Å². The number of carbonyl (C=O) groups excluding carboxylic acids is 2. The molecular formula is C21H20N4O2S. The SMILES string of the molecule is Cc1cc2c(cc1C)Sc1ccc3c(C(=O)NN)c(C(=O)NN)ccc3c1C2. The molecule has 0 atom stereocenters. The van der Waals surface area contributed by atoms with Gasteiger partial charge in [-0.2, -0.15) is 0 Å². The van der Waals surface area contributed by atoms with Gasteiger partial charge in [-0.15, -0.1) is 0 Å². The highest BCUT2D eigenvalue weighted by Gasteiger charge is 2.24. The zero-order valence-corrected chi connectivity index (χ0v) is 16.4. The first-order valence-corrected chi connectivity index (χ1v) is 9.64. The van der Waals surface area contributed by atoms with Crippen molar-refractivity contribution in [3.05, 3.63) is 69.8 Å². The Labute approximate surface area is 166 Å². The van der Waals surface area contributed by atoms with Crippen molar-refractivity contribution in [2.24, 2.45) is 11.7 Å². The zero-order valence-electron chi connectivity index (χ0n) is 15.6. The number of benzene rings is 3. The minimum atomic E-state index is -0.538. The number of rotatable bonds is 2. The van der Waals surface area contributed by atoms with Crippen LogP contribution in [0, 0.1) is 13.8 Å². The van der Waals surface area contributed by atoms with Gasteiger partial charge in [-0.05, 0) is 65.1 Å². The van der Waals surface area contributed by atoms with Crippen LogP contribution in [0.15, 0.2) is 46.2 Å². The van der Waals surface area contributed by atoms with E-state index < -0.39 is 11.8 Å². The van der Waals surface area contributed by atoms with Crippen LogP contribution >= 0.6 is 11.8 Å². The fourth-order valence-corrected chi connectivity index (χ4v) is 4.88. The second-order valence-electron chi connectivity index (χ2n) is 6.90. The van der Waals surface area contributed by atoms with Crippen LogP contribution in [0.2, 0.25) is 0 Å². The van der Waals surface area contributed by atoms with E-state index in [-0.39, 0.29) is 11.1 Å². The van der Waals surface area contributed by atoms with Gasteiger partial charge in [-0.25, -0.2) is 11.7 Å². The van der Waals surface area contributed by atoms with E-state index in [4.69, 9.17) is 11.7 Å². The Bertz CT molecular complexity index is 1160. The number of hydrogen-bond acceptors (Lipinski definition) is 5. The van der Waals surface area contributed by atoms with Crippen molar-refractivity contribution < 1.29 is 9.59 Å². The highest BCUT2D eigenvalue weighted by Crippen LogP contribution is 2.43. The predicted octanol–water partition coefficient (Wildman–Crippen LogP) is 2.72. The number of amides is 2. The molecule has 0 unspecified atom stereocenters. The van der Waals surface area contributed by atoms with E-state index in [0.717, 1.165) is 22.3 Å². The summed E-state index contributed by atoms with van der Waals surface area (Å²) in [4.78, 5) is 27.0. The molecule has 28 heavy (non-hydrogen) atoms. The van der Waals surface area contributed by atoms with Crippen molar-refractivity contribution >= 4 is 34.3 Å². The molecule has 0 saturated carbocycles. The lowest BCUT2D eigenvalue weighted by Gasteiger charge is -2.23. The molecular weight excluding hydrogens is 372 g/mol. The molecule has 1 aliphatic heterocycles. The molecule has 0 saturated heterocycles. The highest BCUT2D eigenvalue weighted by atomic mass is 32.2. The third-order valence-corrected chi connectivity index (χ3v) is 6.47. The van der Waals surface area contributed by atoms with Gasteiger partial charge in [0.15, 0.2) is 0 Å². The van der Waals surface area contributed by atoms with Crippen LogP contribution in [0.5, 0.6) is 0 Å². The summed E-state index contributed by atoms with van der Waals surface area (Å²) in [5, 5.41) is 1.61. The summed E-state index contributed by atoms with van der Waals surface area (Å²) in [6.07, 6.45) is 0.766. The lowest BCUT2D eigenvalue weighted by Crippen LogP contribution is -2.35. The average Bonchev–Trinajstić information content (AvgIpc) is 2.71. The van der Waals surface area contributed by atoms with E-state index in [1.54, 1.807) is 17.8 Å². The lowest BCUT2D eigenvalue weighted by molar-refractivity contribution is 0.0921. The van der Waals surface area contributed by atoms with Gasteiger partial charge >= 0.3 is 0 Å². The van der Waals surface area contributed by atoms with E-state index in [2.05, 4.69) is 36.8 Å². The smallest absolute Gasteiger partial charge is 0.266 e. The minimum absolute atomic E-state index is 0.188. The predicted molar refractivity (Wildman–Crippen MR) is 110 cm³/mol. The topological polar surface area (TPSA) is 110 Å². The van der Waals surface area contributed by atoms with Gasteiger partial charge in [-0.3, -0.25) is 20.4 Å². The van der Waals surface area contributed by atoms with Crippen LogP contribution in [0.4, 0.5) is 0 Å². The third kappa shape index (κ3) is 2.84. The highest BCUT2D eigenvalue weighted by molar-refractivity contribution is 7.99. The minimum Gasteiger partial charge on any atom is -0.290 e. The van der Waals surface area contributed by atoms with Crippen LogP contribution in [0.25, 0.3) is 10.8 Å². The van der Waals surface area contributed by atoms with E-state index in [1.165, 1.54) is 21.6 Å². The normalized spacial score (nSPS) is 12.3. The van der Waals surface area contributed by atoms with Crippen LogP contribution in [0.1, 0.15) is 43.0 Å². The molecule has 0 radical (unpaired) electrons. The van der Waals surface area contributed by atoms with Crippen LogP contribution < -0.4 is 22.5 Å². The Morgan fingerprint density at radius 3 is 2.29 bits per heavy atom. The number of fused-ring (bicyclic) bond motifs is 4. The summed E-state index contributed by atoms with van der Waals surface area (Å²) in [6, 6.07) is 11.8. The number of nitrogens with one attached hydrogen (secondary N) is 2. The summed E-state index contributed by atoms with van der Waals surface area (Å²) in [7, 11) is 0. The largest absolute Gasteiger partial charge is 0.290 e. The molecule has 3 aromatic rings. The maximum atomic E-state index is 12.5. The van der Waals surface area contributed by atoms with E-state index in [1.807, 2.05) is 18.2 Å². The number of nitrogen functional groups attached to an aromatic ring is 2. The molecule has 0 bridgehead atoms. The van der Waals surface area contributed by atoms with E-state index in [9.17, 15) is 9.59 Å². The van der Waals surface area contributed by atoms with Crippen molar-refractivity contribution in [3.63, 3.8) is 0 Å². The Kier molecular flexibility index (Phi) is 4.58. The van der Waals surface area contributed by atoms with Gasteiger partial charge in [-0.1, -0.05) is 30.0 Å². The van der Waals surface area contributed by atoms with Crippen molar-refractivity contribution in [1.29, 1.82) is 0 Å². The van der Waals surface area contributed by atoms with Crippen molar-refractivity contribution in [3.8, 4) is 0 Å². The van der Waals surface area contributed by atoms with Gasteiger partial charge in [0.25, 0.3) is 11.8 Å². The van der Waals surface area contributed by atoms with Crippen molar-refractivity contribution in [1.82, 2.24) is 10.9 Å². The van der Waals surface area contributed by atoms with Crippen LogP contribution in [-0.2, 0) is 6.42 Å². The summed E-state index contributed by atoms with van der Waals surface area (Å²) >= 11 is 1.73. The third-order valence-electron chi connectivity index (χ3n) is 5.27. The number of aryl methyl sites for hydroxylation is 2. The maximum Gasteiger partial charge on any atom is 0.266 e. The molecule has 1 heterocycles. The summed E-state index contributed by atoms with van der Waals surface area (Å²) in [6.45, 7) is 4.23. The first-order chi connectivity index (χ1) is 13.4. The van der Waals surface area contributed by atoms with E-state index >= 15 is 0 Å². The fourth-order valence-electron chi connectivity index (χ4n) is 3.70. The lowest BCUT2D eigenvalue weighted by atomic mass is 9.91. The molecule has 1 aliphatic rings. The van der Waals surface area contributed by atoms with Crippen molar-refractivity contribution in [2.45, 2.75) is 30.1 Å². The monoisotopic (exact) mass is 392 g/mol. The molecule has 0 spiro atoms. The molecule has 2 amide bonds. The molecule has 0 fully saturated rings. The van der Waals surface area contributed by atoms with Gasteiger partial charge in [0, 0.05) is 16.2 Å². The molecule has 6 N–H and O–H groups in total. The van der Waals surface area contributed by atoms with Crippen molar-refractivity contribution in [2.75, 3.05) is 0 Å². The quantitative estimate of drug-likeness (QED) is 0.238. The van der Waals surface area contributed by atoms with E-state index in [0.29, 0.717) is 5.39 Å². The molecule has 0 aliphatic carbocycles. The molecule has 0 aromatic heterocycles. The summed E-state index contributed by atoms with van der Waals surface area (Å²) < 4.78 is 0. The van der Waals surface area contributed by atoms with Gasteiger partial charge < -0.3 is 0 Å². The number of carbonyl (C=O) groups is 2. The first-order valence-electron chi connectivity index (χ1n) is 8.83. The maximum absolute atomic E-state index is 12.5. The molecule has 6 nitrogen and oxygen atoms in total. The van der Waals surface area contributed by atoms with Gasteiger partial charge in [0.05, 0.1) is 11.1 Å². The average molecular weight is 392 g/mol. The summed E-state index contributed by atoms with van der Waals surface area (Å²) in [5.41, 5.74) is 9.58. The standard InChI is InChI=1S/C21H20N4O2S/c1-10-7-12-9-16-13-3-4-15(20(26)24-22)19(21(27)25-23)14(13)5-6-17(16)28-18(12)8-11(10)2/h3-8H,9,22-23H2,1-2H3,(H,24,26)(H,25,27). The molecule has 4 rings (SSSR count). The second-order valence-corrected chi connectivity index (χ2v) is 7.98. The second kappa shape index (κ2) is 6.94. The zero-order chi connectivity index (χ0) is 20.0. The Hall–Kier alpha value is -2.87. The molecule has 3 aromatic carbocycles. The van der Waals surface area contributed by atoms with Crippen LogP contribution in [-0.4, -0.2) is 11.8 Å². The Morgan fingerprint density at radius 1 is 0.893 bits per heavy atom. The molecule has 7 heteroatoms. The number of hydrogen-bond donors (Lipinski definition) is 4.